The molecule has 1 atom stereocenters. The van der Waals surface area contributed by atoms with Crippen LogP contribution in [0.3, 0.4) is 0 Å². The molecule has 1 aromatic rings. The minimum absolute atomic E-state index is 0.126. The predicted molar refractivity (Wildman–Crippen MR) is 66.8 cm³/mol. The van der Waals surface area contributed by atoms with Gasteiger partial charge in [-0.25, -0.2) is 8.78 Å². The normalized spacial score (nSPS) is 18.1. The summed E-state index contributed by atoms with van der Waals surface area (Å²) < 4.78 is 31.6. The number of carbonyl (C=O) groups excluding carboxylic acids is 2. The molecule has 2 N–H and O–H groups in total. The molecule has 1 fully saturated rings. The molecule has 2 rings (SSSR count). The second-order valence-electron chi connectivity index (χ2n) is 4.62. The van der Waals surface area contributed by atoms with Gasteiger partial charge in [-0.05, 0) is 18.6 Å². The number of methoxy groups -OCH3 is 1. The summed E-state index contributed by atoms with van der Waals surface area (Å²) in [6, 6.07) is 1.62. The smallest absolute Gasteiger partial charge is 0.310 e. The first-order chi connectivity index (χ1) is 9.43. The van der Waals surface area contributed by atoms with Gasteiger partial charge >= 0.3 is 5.97 Å². The molecule has 108 valence electrons. The molecule has 1 aliphatic rings. The Bertz CT molecular complexity index is 563. The molecule has 0 saturated carbocycles. The Morgan fingerprint density at radius 3 is 2.75 bits per heavy atom. The van der Waals surface area contributed by atoms with Gasteiger partial charge in [0.2, 0.25) is 0 Å². The van der Waals surface area contributed by atoms with Gasteiger partial charge < -0.3 is 15.4 Å². The number of likely N-dealkylation sites (tertiary alicyclic amines) is 1. The van der Waals surface area contributed by atoms with Crippen molar-refractivity contribution in [3.05, 3.63) is 29.3 Å². The molecule has 5 nitrogen and oxygen atoms in total. The monoisotopic (exact) mass is 284 g/mol. The van der Waals surface area contributed by atoms with Crippen LogP contribution in [0.25, 0.3) is 0 Å². The number of ether oxygens (including phenoxy) is 1. The number of hydrogen-bond donors (Lipinski definition) is 1. The summed E-state index contributed by atoms with van der Waals surface area (Å²) in [5, 5.41) is 0. The number of nitrogens with zero attached hydrogens (tertiary/aromatic N) is 1. The highest BCUT2D eigenvalue weighted by molar-refractivity contribution is 5.96. The standard InChI is InChI=1S/C13H14F2N2O3/c1-20-13(19)7-2-3-17(6-7)12(18)9-4-8(14)5-10(16)11(9)15/h4-5,7H,2-3,6,16H2,1H3. The first-order valence-corrected chi connectivity index (χ1v) is 6.05. The zero-order valence-corrected chi connectivity index (χ0v) is 10.9. The van der Waals surface area contributed by atoms with Crippen LogP contribution >= 0.6 is 0 Å². The number of amides is 1. The summed E-state index contributed by atoms with van der Waals surface area (Å²) in [5.41, 5.74) is 4.45. The lowest BCUT2D eigenvalue weighted by Crippen LogP contribution is -2.31. The van der Waals surface area contributed by atoms with Crippen LogP contribution in [0.2, 0.25) is 0 Å². The minimum atomic E-state index is -0.946. The van der Waals surface area contributed by atoms with Gasteiger partial charge in [-0.1, -0.05) is 0 Å². The maximum Gasteiger partial charge on any atom is 0.310 e. The van der Waals surface area contributed by atoms with Crippen LogP contribution in [0.1, 0.15) is 16.8 Å². The molecule has 1 aromatic carbocycles. The number of halogens is 2. The highest BCUT2D eigenvalue weighted by Gasteiger charge is 2.33. The van der Waals surface area contributed by atoms with Crippen molar-refractivity contribution < 1.29 is 23.1 Å². The van der Waals surface area contributed by atoms with Crippen LogP contribution in [0.15, 0.2) is 12.1 Å². The topological polar surface area (TPSA) is 72.6 Å². The molecule has 1 unspecified atom stereocenters. The van der Waals surface area contributed by atoms with Crippen LogP contribution in [0.5, 0.6) is 0 Å². The molecule has 1 amide bonds. The number of anilines is 1. The van der Waals surface area contributed by atoms with Crippen molar-refractivity contribution in [3.8, 4) is 0 Å². The van der Waals surface area contributed by atoms with Gasteiger partial charge in [-0.2, -0.15) is 0 Å². The van der Waals surface area contributed by atoms with Gasteiger partial charge in [-0.3, -0.25) is 9.59 Å². The number of nitrogen functional groups attached to an aromatic ring is 1. The SMILES string of the molecule is COC(=O)C1CCN(C(=O)c2cc(F)cc(N)c2F)C1. The van der Waals surface area contributed by atoms with Crippen LogP contribution < -0.4 is 5.73 Å². The maximum absolute atomic E-state index is 13.8. The first-order valence-electron chi connectivity index (χ1n) is 6.05. The van der Waals surface area contributed by atoms with Gasteiger partial charge in [0.05, 0.1) is 24.3 Å². The van der Waals surface area contributed by atoms with Crippen molar-refractivity contribution in [1.82, 2.24) is 4.90 Å². The number of carbonyl (C=O) groups is 2. The number of nitrogens with two attached hydrogens (primary N) is 1. The van der Waals surface area contributed by atoms with E-state index in [0.717, 1.165) is 12.1 Å². The van der Waals surface area contributed by atoms with Crippen molar-refractivity contribution in [2.24, 2.45) is 5.92 Å². The molecule has 0 spiro atoms. The summed E-state index contributed by atoms with van der Waals surface area (Å²) >= 11 is 0. The van der Waals surface area contributed by atoms with Gasteiger partial charge in [-0.15, -0.1) is 0 Å². The van der Waals surface area contributed by atoms with Crippen molar-refractivity contribution in [1.29, 1.82) is 0 Å². The lowest BCUT2D eigenvalue weighted by atomic mass is 10.1. The second kappa shape index (κ2) is 5.44. The number of esters is 1. The summed E-state index contributed by atoms with van der Waals surface area (Å²) in [5.74, 6) is -3.26. The maximum atomic E-state index is 13.8. The van der Waals surface area contributed by atoms with Gasteiger partial charge in [0.15, 0.2) is 5.82 Å². The molecule has 0 radical (unpaired) electrons. The molecule has 1 heterocycles. The predicted octanol–water partition coefficient (Wildman–Crippen LogP) is 1.18. The first kappa shape index (κ1) is 14.2. The van der Waals surface area contributed by atoms with E-state index in [1.807, 2.05) is 0 Å². The summed E-state index contributed by atoms with van der Waals surface area (Å²) in [6.45, 7) is 0.413. The van der Waals surface area contributed by atoms with Crippen molar-refractivity contribution in [3.63, 3.8) is 0 Å². The third-order valence-electron chi connectivity index (χ3n) is 3.31. The fourth-order valence-electron chi connectivity index (χ4n) is 2.24. The average Bonchev–Trinajstić information content (AvgIpc) is 2.90. The quantitative estimate of drug-likeness (QED) is 0.654. The molecule has 0 aliphatic carbocycles. The summed E-state index contributed by atoms with van der Waals surface area (Å²) in [4.78, 5) is 24.8. The van der Waals surface area contributed by atoms with Crippen LogP contribution in [0.4, 0.5) is 14.5 Å². The van der Waals surface area contributed by atoms with Gasteiger partial charge in [0, 0.05) is 13.1 Å². The van der Waals surface area contributed by atoms with E-state index in [0.29, 0.717) is 6.42 Å². The van der Waals surface area contributed by atoms with Crippen LogP contribution in [-0.2, 0) is 9.53 Å². The number of rotatable bonds is 2. The second-order valence-corrected chi connectivity index (χ2v) is 4.62. The Kier molecular flexibility index (Phi) is 3.87. The van der Waals surface area contributed by atoms with E-state index in [9.17, 15) is 18.4 Å². The minimum Gasteiger partial charge on any atom is -0.469 e. The van der Waals surface area contributed by atoms with E-state index in [1.54, 1.807) is 0 Å². The molecular formula is C13H14F2N2O3. The Balaban J connectivity index is 2.19. The Morgan fingerprint density at radius 2 is 2.10 bits per heavy atom. The zero-order valence-electron chi connectivity index (χ0n) is 10.9. The molecule has 0 aromatic heterocycles. The molecule has 1 saturated heterocycles. The van der Waals surface area contributed by atoms with Gasteiger partial charge in [0.25, 0.3) is 5.91 Å². The lowest BCUT2D eigenvalue weighted by Gasteiger charge is -2.17. The average molecular weight is 284 g/mol. The fraction of sp³-hybridized carbons (Fsp3) is 0.385. The van der Waals surface area contributed by atoms with E-state index in [1.165, 1.54) is 12.0 Å². The Labute approximate surface area is 114 Å². The lowest BCUT2D eigenvalue weighted by molar-refractivity contribution is -0.144. The van der Waals surface area contributed by atoms with Crippen LogP contribution in [-0.4, -0.2) is 37.0 Å². The van der Waals surface area contributed by atoms with E-state index < -0.39 is 40.7 Å². The molecule has 0 bridgehead atoms. The Hall–Kier alpha value is -2.18. The largest absolute Gasteiger partial charge is 0.469 e. The van der Waals surface area contributed by atoms with Crippen molar-refractivity contribution >= 4 is 17.6 Å². The van der Waals surface area contributed by atoms with Crippen LogP contribution in [0, 0.1) is 17.6 Å². The number of hydrogen-bond acceptors (Lipinski definition) is 4. The highest BCUT2D eigenvalue weighted by Crippen LogP contribution is 2.23. The van der Waals surface area contributed by atoms with E-state index >= 15 is 0 Å². The molecule has 20 heavy (non-hydrogen) atoms. The molecule has 7 heteroatoms. The third-order valence-corrected chi connectivity index (χ3v) is 3.31. The van der Waals surface area contributed by atoms with E-state index in [2.05, 4.69) is 4.74 Å². The van der Waals surface area contributed by atoms with Crippen molar-refractivity contribution in [2.75, 3.05) is 25.9 Å². The third kappa shape index (κ3) is 2.56. The van der Waals surface area contributed by atoms with Crippen molar-refractivity contribution in [2.45, 2.75) is 6.42 Å². The summed E-state index contributed by atoms with van der Waals surface area (Å²) in [6.07, 6.45) is 0.435. The number of benzene rings is 1. The molecular weight excluding hydrogens is 270 g/mol. The van der Waals surface area contributed by atoms with Gasteiger partial charge in [0.1, 0.15) is 5.82 Å². The highest BCUT2D eigenvalue weighted by atomic mass is 19.1. The summed E-state index contributed by atoms with van der Waals surface area (Å²) in [7, 11) is 1.26. The Morgan fingerprint density at radius 1 is 1.40 bits per heavy atom. The fourth-order valence-corrected chi connectivity index (χ4v) is 2.24. The zero-order chi connectivity index (χ0) is 14.9. The van der Waals surface area contributed by atoms with E-state index in [4.69, 9.17) is 5.73 Å². The van der Waals surface area contributed by atoms with E-state index in [-0.39, 0.29) is 13.1 Å². The molecule has 1 aliphatic heterocycles.